The van der Waals surface area contributed by atoms with Gasteiger partial charge in [0.25, 0.3) is 0 Å². The van der Waals surface area contributed by atoms with Gasteiger partial charge in [0.2, 0.25) is 0 Å². The molecule has 0 spiro atoms. The van der Waals surface area contributed by atoms with Crippen LogP contribution >= 0.6 is 0 Å². The number of aromatic nitrogens is 1. The molecular weight excluding hydrogens is 358 g/mol. The van der Waals surface area contributed by atoms with Crippen molar-refractivity contribution in [3.8, 4) is 0 Å². The third-order valence-electron chi connectivity index (χ3n) is 7.14. The predicted molar refractivity (Wildman–Crippen MR) is 122 cm³/mol. The molecule has 2 aromatic rings. The maximum Gasteiger partial charge on any atom is 0.190 e. The fourth-order valence-electron chi connectivity index (χ4n) is 5.28. The third kappa shape index (κ3) is 4.33. The van der Waals surface area contributed by atoms with Crippen molar-refractivity contribution in [2.75, 3.05) is 37.6 Å². The molecule has 0 saturated carbocycles. The summed E-state index contributed by atoms with van der Waals surface area (Å²) < 4.78 is 5.85. The van der Waals surface area contributed by atoms with Crippen LogP contribution in [0.15, 0.2) is 22.7 Å². The van der Waals surface area contributed by atoms with Crippen molar-refractivity contribution in [2.24, 2.45) is 17.3 Å². The Balaban J connectivity index is 1.40. The monoisotopic (exact) mass is 397 g/mol. The number of rotatable bonds is 3. The molecule has 4 rings (SSSR count). The summed E-state index contributed by atoms with van der Waals surface area (Å²) in [7, 11) is 0. The molecule has 0 N–H and O–H groups in total. The van der Waals surface area contributed by atoms with Gasteiger partial charge >= 0.3 is 0 Å². The highest BCUT2D eigenvalue weighted by Crippen LogP contribution is 2.37. The first kappa shape index (κ1) is 20.7. The second kappa shape index (κ2) is 7.61. The van der Waals surface area contributed by atoms with Crippen LogP contribution in [0.2, 0.25) is 0 Å². The molecular formula is C25H39N3O. The van der Waals surface area contributed by atoms with Gasteiger partial charge in [-0.2, -0.15) is 0 Å². The van der Waals surface area contributed by atoms with Gasteiger partial charge in [0, 0.05) is 30.4 Å². The van der Waals surface area contributed by atoms with Gasteiger partial charge in [-0.25, -0.2) is 0 Å². The number of anilines is 1. The minimum absolute atomic E-state index is 0.00338. The standard InChI is InChI=1S/C25H39N3O/c1-24(2,3)19-11-13-27(14-12-19)16-18-10-15-28(17-18)21-9-7-8-20-22(21)29-26-23(20)25(4,5)6/h7-9,18-19H,10-17H2,1-6H3/t18-/m0/s1. The van der Waals surface area contributed by atoms with Crippen molar-refractivity contribution < 1.29 is 4.52 Å². The van der Waals surface area contributed by atoms with Crippen molar-refractivity contribution in [3.05, 3.63) is 23.9 Å². The van der Waals surface area contributed by atoms with E-state index in [1.807, 2.05) is 0 Å². The second-order valence-corrected chi connectivity index (χ2v) is 11.5. The first-order chi connectivity index (χ1) is 13.6. The van der Waals surface area contributed by atoms with Crippen LogP contribution in [0.25, 0.3) is 11.0 Å². The number of para-hydroxylation sites is 1. The quantitative estimate of drug-likeness (QED) is 0.664. The molecule has 29 heavy (non-hydrogen) atoms. The summed E-state index contributed by atoms with van der Waals surface area (Å²) >= 11 is 0. The van der Waals surface area contributed by atoms with E-state index < -0.39 is 0 Å². The van der Waals surface area contributed by atoms with E-state index in [1.165, 1.54) is 50.0 Å². The van der Waals surface area contributed by atoms with Crippen LogP contribution < -0.4 is 4.90 Å². The molecule has 0 amide bonds. The molecule has 2 saturated heterocycles. The minimum Gasteiger partial charge on any atom is -0.368 e. The van der Waals surface area contributed by atoms with Gasteiger partial charge in [-0.3, -0.25) is 0 Å². The van der Waals surface area contributed by atoms with Gasteiger partial charge < -0.3 is 14.3 Å². The molecule has 0 aliphatic carbocycles. The molecule has 1 atom stereocenters. The highest BCUT2D eigenvalue weighted by Gasteiger charge is 2.32. The van der Waals surface area contributed by atoms with Crippen molar-refractivity contribution in [1.29, 1.82) is 0 Å². The number of likely N-dealkylation sites (tertiary alicyclic amines) is 1. The van der Waals surface area contributed by atoms with Gasteiger partial charge in [-0.05, 0) is 61.7 Å². The van der Waals surface area contributed by atoms with Gasteiger partial charge in [0.1, 0.15) is 0 Å². The molecule has 4 nitrogen and oxygen atoms in total. The Morgan fingerprint density at radius 1 is 1.00 bits per heavy atom. The summed E-state index contributed by atoms with van der Waals surface area (Å²) in [5.74, 6) is 1.63. The molecule has 2 aliphatic heterocycles. The van der Waals surface area contributed by atoms with Crippen LogP contribution in [-0.2, 0) is 5.41 Å². The zero-order valence-electron chi connectivity index (χ0n) is 19.3. The van der Waals surface area contributed by atoms with Crippen LogP contribution in [0.4, 0.5) is 5.69 Å². The number of nitrogens with zero attached hydrogens (tertiary/aromatic N) is 3. The Morgan fingerprint density at radius 3 is 2.38 bits per heavy atom. The van der Waals surface area contributed by atoms with E-state index >= 15 is 0 Å². The number of hydrogen-bond acceptors (Lipinski definition) is 4. The van der Waals surface area contributed by atoms with E-state index in [-0.39, 0.29) is 5.41 Å². The van der Waals surface area contributed by atoms with E-state index in [2.05, 4.69) is 74.7 Å². The molecule has 1 aromatic carbocycles. The maximum atomic E-state index is 5.85. The topological polar surface area (TPSA) is 32.5 Å². The molecule has 0 unspecified atom stereocenters. The lowest BCUT2D eigenvalue weighted by molar-refractivity contribution is 0.103. The summed E-state index contributed by atoms with van der Waals surface area (Å²) in [6.07, 6.45) is 3.98. The van der Waals surface area contributed by atoms with E-state index in [9.17, 15) is 0 Å². The lowest BCUT2D eigenvalue weighted by Crippen LogP contribution is -2.40. The first-order valence-corrected chi connectivity index (χ1v) is 11.5. The van der Waals surface area contributed by atoms with E-state index in [0.29, 0.717) is 5.41 Å². The average Bonchev–Trinajstić information content (AvgIpc) is 3.27. The summed E-state index contributed by atoms with van der Waals surface area (Å²) in [5.41, 5.74) is 3.70. The molecule has 1 aromatic heterocycles. The largest absolute Gasteiger partial charge is 0.368 e. The Labute approximate surface area is 176 Å². The zero-order chi connectivity index (χ0) is 20.8. The number of hydrogen-bond donors (Lipinski definition) is 0. The van der Waals surface area contributed by atoms with Gasteiger partial charge in [0.15, 0.2) is 5.58 Å². The van der Waals surface area contributed by atoms with Crippen molar-refractivity contribution in [2.45, 2.75) is 66.2 Å². The fraction of sp³-hybridized carbons (Fsp3) is 0.720. The Kier molecular flexibility index (Phi) is 5.43. The molecule has 2 aliphatic rings. The molecule has 160 valence electrons. The lowest BCUT2D eigenvalue weighted by Gasteiger charge is -2.39. The smallest absolute Gasteiger partial charge is 0.190 e. The highest BCUT2D eigenvalue weighted by molar-refractivity contribution is 5.91. The van der Waals surface area contributed by atoms with Gasteiger partial charge in [-0.1, -0.05) is 52.8 Å². The second-order valence-electron chi connectivity index (χ2n) is 11.5. The fourth-order valence-corrected chi connectivity index (χ4v) is 5.28. The van der Waals surface area contributed by atoms with E-state index in [1.54, 1.807) is 0 Å². The third-order valence-corrected chi connectivity index (χ3v) is 7.14. The Morgan fingerprint density at radius 2 is 1.72 bits per heavy atom. The first-order valence-electron chi connectivity index (χ1n) is 11.5. The Hall–Kier alpha value is -1.55. The van der Waals surface area contributed by atoms with Crippen LogP contribution in [0.5, 0.6) is 0 Å². The summed E-state index contributed by atoms with van der Waals surface area (Å²) in [5, 5.41) is 5.60. The van der Waals surface area contributed by atoms with Crippen LogP contribution in [0, 0.1) is 17.3 Å². The number of piperidine rings is 1. The normalized spacial score (nSPS) is 22.7. The molecule has 0 bridgehead atoms. The zero-order valence-corrected chi connectivity index (χ0v) is 19.3. The van der Waals surface area contributed by atoms with Crippen LogP contribution in [-0.4, -0.2) is 42.8 Å². The van der Waals surface area contributed by atoms with E-state index in [4.69, 9.17) is 4.52 Å². The highest BCUT2D eigenvalue weighted by atomic mass is 16.5. The predicted octanol–water partition coefficient (Wildman–Crippen LogP) is 5.71. The van der Waals surface area contributed by atoms with Gasteiger partial charge in [0.05, 0.1) is 11.4 Å². The molecule has 0 radical (unpaired) electrons. The van der Waals surface area contributed by atoms with Crippen molar-refractivity contribution in [1.82, 2.24) is 10.1 Å². The Bertz CT molecular complexity index is 834. The van der Waals surface area contributed by atoms with Gasteiger partial charge in [-0.15, -0.1) is 0 Å². The summed E-state index contributed by atoms with van der Waals surface area (Å²) in [6.45, 7) is 19.8. The maximum absolute atomic E-state index is 5.85. The molecule has 4 heteroatoms. The van der Waals surface area contributed by atoms with Crippen LogP contribution in [0.1, 0.15) is 66.5 Å². The SMILES string of the molecule is CC(C)(C)c1noc2c(N3CC[C@@H](CN4CCC(C(C)(C)C)CC4)C3)cccc12. The van der Waals surface area contributed by atoms with E-state index in [0.717, 1.165) is 36.2 Å². The molecule has 2 fully saturated rings. The lowest BCUT2D eigenvalue weighted by atomic mass is 9.75. The minimum atomic E-state index is -0.00338. The molecule has 3 heterocycles. The van der Waals surface area contributed by atoms with Crippen molar-refractivity contribution in [3.63, 3.8) is 0 Å². The summed E-state index contributed by atoms with van der Waals surface area (Å²) in [4.78, 5) is 5.23. The number of fused-ring (bicyclic) bond motifs is 1. The average molecular weight is 398 g/mol. The van der Waals surface area contributed by atoms with Crippen LogP contribution in [0.3, 0.4) is 0 Å². The van der Waals surface area contributed by atoms with Crippen molar-refractivity contribution >= 4 is 16.7 Å². The summed E-state index contributed by atoms with van der Waals surface area (Å²) in [6, 6.07) is 6.52. The number of benzene rings is 1.